The van der Waals surface area contributed by atoms with Crippen LogP contribution >= 0.6 is 0 Å². The van der Waals surface area contributed by atoms with Gasteiger partial charge in [0.1, 0.15) is 29.1 Å². The van der Waals surface area contributed by atoms with Gasteiger partial charge in [-0.25, -0.2) is 0 Å². The Kier molecular flexibility index (Phi) is 5.07. The van der Waals surface area contributed by atoms with Crippen LogP contribution in [-0.2, 0) is 12.8 Å². The number of phenols is 2. The first-order valence-corrected chi connectivity index (χ1v) is 8.87. The van der Waals surface area contributed by atoms with Crippen molar-refractivity contribution >= 4 is 0 Å². The Morgan fingerprint density at radius 3 is 2.56 bits per heavy atom. The second-order valence-corrected chi connectivity index (χ2v) is 7.05. The minimum absolute atomic E-state index is 0.0857. The van der Waals surface area contributed by atoms with Gasteiger partial charge in [0.25, 0.3) is 0 Å². The molecule has 134 valence electrons. The summed E-state index contributed by atoms with van der Waals surface area (Å²) in [7, 11) is 1.62. The molecule has 0 bridgehead atoms. The number of hydrogen-bond acceptors (Lipinski definition) is 4. The van der Waals surface area contributed by atoms with E-state index in [9.17, 15) is 10.2 Å². The molecule has 2 aromatic rings. The molecule has 0 fully saturated rings. The number of hydrogen-bond donors (Lipinski definition) is 2. The summed E-state index contributed by atoms with van der Waals surface area (Å²) in [6.07, 6.45) is 3.34. The third-order valence-corrected chi connectivity index (χ3v) is 4.80. The summed E-state index contributed by atoms with van der Waals surface area (Å²) in [5.74, 6) is 2.49. The fraction of sp³-hybridized carbons (Fsp3) is 0.429. The van der Waals surface area contributed by atoms with Crippen LogP contribution in [0.4, 0.5) is 0 Å². The summed E-state index contributed by atoms with van der Waals surface area (Å²) >= 11 is 0. The maximum atomic E-state index is 10.5. The Bertz CT molecular complexity index is 735. The third kappa shape index (κ3) is 3.68. The van der Waals surface area contributed by atoms with Gasteiger partial charge in [0.2, 0.25) is 0 Å². The lowest BCUT2D eigenvalue weighted by atomic mass is 9.92. The summed E-state index contributed by atoms with van der Waals surface area (Å²) < 4.78 is 11.8. The molecule has 1 aliphatic rings. The lowest BCUT2D eigenvalue weighted by Crippen LogP contribution is -2.17. The van der Waals surface area contributed by atoms with Crippen LogP contribution in [0.5, 0.6) is 23.0 Å². The van der Waals surface area contributed by atoms with Crippen LogP contribution in [-0.4, -0.2) is 17.3 Å². The SMILES string of the molecule is COc1cc(O)c(CCC(C)C)c2c1CCC(c1ccc(O)cc1)O2. The number of benzene rings is 2. The first-order valence-electron chi connectivity index (χ1n) is 8.87. The van der Waals surface area contributed by atoms with Crippen molar-refractivity contribution in [2.75, 3.05) is 7.11 Å². The second-order valence-electron chi connectivity index (χ2n) is 7.05. The molecule has 0 aromatic heterocycles. The lowest BCUT2D eigenvalue weighted by molar-refractivity contribution is 0.171. The smallest absolute Gasteiger partial charge is 0.134 e. The van der Waals surface area contributed by atoms with Crippen molar-refractivity contribution in [2.24, 2.45) is 5.92 Å². The monoisotopic (exact) mass is 342 g/mol. The number of aromatic hydroxyl groups is 2. The minimum atomic E-state index is -0.0857. The Balaban J connectivity index is 1.97. The van der Waals surface area contributed by atoms with E-state index in [2.05, 4.69) is 13.8 Å². The third-order valence-electron chi connectivity index (χ3n) is 4.80. The number of methoxy groups -OCH3 is 1. The summed E-state index contributed by atoms with van der Waals surface area (Å²) in [5.41, 5.74) is 2.93. The highest BCUT2D eigenvalue weighted by molar-refractivity contribution is 5.58. The van der Waals surface area contributed by atoms with Crippen molar-refractivity contribution in [1.29, 1.82) is 0 Å². The van der Waals surface area contributed by atoms with Gasteiger partial charge in [-0.1, -0.05) is 26.0 Å². The molecule has 0 saturated carbocycles. The molecule has 0 aliphatic carbocycles. The fourth-order valence-corrected chi connectivity index (χ4v) is 3.34. The van der Waals surface area contributed by atoms with Gasteiger partial charge in [-0.2, -0.15) is 0 Å². The molecule has 3 rings (SSSR count). The molecule has 4 heteroatoms. The van der Waals surface area contributed by atoms with E-state index in [4.69, 9.17) is 9.47 Å². The highest BCUT2D eigenvalue weighted by atomic mass is 16.5. The molecule has 0 saturated heterocycles. The van der Waals surface area contributed by atoms with E-state index in [1.54, 1.807) is 25.3 Å². The Morgan fingerprint density at radius 2 is 1.92 bits per heavy atom. The first-order chi connectivity index (χ1) is 12.0. The predicted octanol–water partition coefficient (Wildman–Crippen LogP) is 4.76. The standard InChI is InChI=1S/C21H26O4/c1-13(2)4-9-16-18(23)12-20(24-3)17-10-11-19(25-21(16)17)14-5-7-15(22)8-6-14/h5-8,12-13,19,22-23H,4,9-11H2,1-3H3. The van der Waals surface area contributed by atoms with E-state index >= 15 is 0 Å². The predicted molar refractivity (Wildman–Crippen MR) is 97.6 cm³/mol. The summed E-state index contributed by atoms with van der Waals surface area (Å²) in [4.78, 5) is 0. The normalized spacial score (nSPS) is 16.4. The Morgan fingerprint density at radius 1 is 1.20 bits per heavy atom. The van der Waals surface area contributed by atoms with Crippen LogP contribution in [0.2, 0.25) is 0 Å². The number of fused-ring (bicyclic) bond motifs is 1. The van der Waals surface area contributed by atoms with Crippen LogP contribution in [0.3, 0.4) is 0 Å². The summed E-state index contributed by atoms with van der Waals surface area (Å²) in [6.45, 7) is 4.35. The van der Waals surface area contributed by atoms with Crippen LogP contribution in [0.25, 0.3) is 0 Å². The molecule has 0 spiro atoms. The number of phenolic OH excluding ortho intramolecular Hbond substituents is 2. The lowest BCUT2D eigenvalue weighted by Gasteiger charge is -2.30. The molecule has 1 atom stereocenters. The van der Waals surface area contributed by atoms with Crippen LogP contribution < -0.4 is 9.47 Å². The zero-order valence-electron chi connectivity index (χ0n) is 15.1. The van der Waals surface area contributed by atoms with Crippen LogP contribution in [0.15, 0.2) is 30.3 Å². The largest absolute Gasteiger partial charge is 0.508 e. The second kappa shape index (κ2) is 7.26. The Hall–Kier alpha value is -2.36. The number of rotatable bonds is 5. The molecule has 0 radical (unpaired) electrons. The zero-order chi connectivity index (χ0) is 18.0. The van der Waals surface area contributed by atoms with Gasteiger partial charge in [0.05, 0.1) is 7.11 Å². The molecular formula is C21H26O4. The molecular weight excluding hydrogens is 316 g/mol. The molecule has 4 nitrogen and oxygen atoms in total. The van der Waals surface area contributed by atoms with E-state index < -0.39 is 0 Å². The van der Waals surface area contributed by atoms with E-state index in [1.807, 2.05) is 12.1 Å². The van der Waals surface area contributed by atoms with E-state index in [0.29, 0.717) is 11.7 Å². The van der Waals surface area contributed by atoms with Gasteiger partial charge in [0, 0.05) is 17.2 Å². The van der Waals surface area contributed by atoms with Gasteiger partial charge in [0.15, 0.2) is 0 Å². The van der Waals surface area contributed by atoms with Gasteiger partial charge in [-0.15, -0.1) is 0 Å². The molecule has 1 unspecified atom stereocenters. The van der Waals surface area contributed by atoms with Crippen molar-refractivity contribution in [2.45, 2.75) is 45.6 Å². The van der Waals surface area contributed by atoms with E-state index in [0.717, 1.165) is 48.1 Å². The first kappa shape index (κ1) is 17.5. The van der Waals surface area contributed by atoms with Crippen LogP contribution in [0, 0.1) is 5.92 Å². The topological polar surface area (TPSA) is 58.9 Å². The van der Waals surface area contributed by atoms with Gasteiger partial charge >= 0.3 is 0 Å². The maximum absolute atomic E-state index is 10.5. The van der Waals surface area contributed by atoms with E-state index in [1.165, 1.54) is 0 Å². The molecule has 1 aliphatic heterocycles. The van der Waals surface area contributed by atoms with Crippen molar-refractivity contribution in [3.63, 3.8) is 0 Å². The molecule has 2 N–H and O–H groups in total. The zero-order valence-corrected chi connectivity index (χ0v) is 15.1. The van der Waals surface area contributed by atoms with Gasteiger partial charge < -0.3 is 19.7 Å². The fourth-order valence-electron chi connectivity index (χ4n) is 3.34. The summed E-state index contributed by atoms with van der Waals surface area (Å²) in [5, 5.41) is 20.0. The minimum Gasteiger partial charge on any atom is -0.508 e. The quantitative estimate of drug-likeness (QED) is 0.822. The molecule has 1 heterocycles. The van der Waals surface area contributed by atoms with Gasteiger partial charge in [-0.3, -0.25) is 0 Å². The van der Waals surface area contributed by atoms with Crippen molar-refractivity contribution in [1.82, 2.24) is 0 Å². The molecule has 2 aromatic carbocycles. The van der Waals surface area contributed by atoms with Gasteiger partial charge in [-0.05, 0) is 49.3 Å². The molecule has 0 amide bonds. The van der Waals surface area contributed by atoms with Crippen molar-refractivity contribution < 1.29 is 19.7 Å². The maximum Gasteiger partial charge on any atom is 0.134 e. The number of ether oxygens (including phenoxy) is 2. The highest BCUT2D eigenvalue weighted by Gasteiger charge is 2.28. The van der Waals surface area contributed by atoms with Crippen molar-refractivity contribution in [3.8, 4) is 23.0 Å². The highest BCUT2D eigenvalue weighted by Crippen LogP contribution is 2.46. The average Bonchev–Trinajstić information content (AvgIpc) is 2.60. The average molecular weight is 342 g/mol. The van der Waals surface area contributed by atoms with E-state index in [-0.39, 0.29) is 17.6 Å². The van der Waals surface area contributed by atoms with Crippen LogP contribution in [0.1, 0.15) is 49.5 Å². The summed E-state index contributed by atoms with van der Waals surface area (Å²) in [6, 6.07) is 8.84. The Labute approximate surface area is 149 Å². The molecule has 25 heavy (non-hydrogen) atoms. The van der Waals surface area contributed by atoms with Crippen molar-refractivity contribution in [3.05, 3.63) is 47.0 Å².